The Kier molecular flexibility index (Phi) is 4.18. The molecule has 0 fully saturated rings. The molecular weight excluding hydrogens is 330 g/mol. The summed E-state index contributed by atoms with van der Waals surface area (Å²) in [6.07, 6.45) is 3.15. The van der Waals surface area contributed by atoms with E-state index in [1.165, 1.54) is 6.33 Å². The van der Waals surface area contributed by atoms with E-state index in [0.717, 1.165) is 5.56 Å². The summed E-state index contributed by atoms with van der Waals surface area (Å²) in [5, 5.41) is 7.52. The highest BCUT2D eigenvalue weighted by Gasteiger charge is 2.36. The average molecular weight is 347 g/mol. The van der Waals surface area contributed by atoms with Crippen LogP contribution in [-0.4, -0.2) is 32.3 Å². The molecule has 2 aromatic heterocycles. The first-order chi connectivity index (χ1) is 12.8. The molecule has 0 unspecified atom stereocenters. The Morgan fingerprint density at radius 3 is 2.69 bits per heavy atom. The van der Waals surface area contributed by atoms with E-state index in [2.05, 4.69) is 20.4 Å². The molecule has 7 heteroatoms. The number of benzene rings is 1. The Morgan fingerprint density at radius 1 is 1.15 bits per heavy atom. The monoisotopic (exact) mass is 347 g/mol. The van der Waals surface area contributed by atoms with Crippen LogP contribution in [0.4, 0.5) is 5.95 Å². The second-order valence-electron chi connectivity index (χ2n) is 5.69. The van der Waals surface area contributed by atoms with Gasteiger partial charge in [-0.25, -0.2) is 9.48 Å². The van der Waals surface area contributed by atoms with E-state index in [1.807, 2.05) is 48.5 Å². The lowest BCUT2D eigenvalue weighted by molar-refractivity contribution is -0.138. The molecule has 0 amide bonds. The number of anilines is 1. The summed E-state index contributed by atoms with van der Waals surface area (Å²) >= 11 is 0. The van der Waals surface area contributed by atoms with Crippen LogP contribution in [0.25, 0.3) is 5.70 Å². The zero-order valence-corrected chi connectivity index (χ0v) is 14.2. The minimum atomic E-state index is -0.524. The first-order valence-electron chi connectivity index (χ1n) is 8.33. The van der Waals surface area contributed by atoms with E-state index < -0.39 is 12.0 Å². The van der Waals surface area contributed by atoms with Crippen molar-refractivity contribution in [2.75, 3.05) is 11.9 Å². The first kappa shape index (κ1) is 16.0. The van der Waals surface area contributed by atoms with Gasteiger partial charge in [0.2, 0.25) is 5.95 Å². The van der Waals surface area contributed by atoms with Crippen molar-refractivity contribution in [3.63, 3.8) is 0 Å². The number of pyridine rings is 1. The van der Waals surface area contributed by atoms with Gasteiger partial charge in [0, 0.05) is 6.20 Å². The van der Waals surface area contributed by atoms with Crippen LogP contribution in [0.5, 0.6) is 0 Å². The fourth-order valence-electron chi connectivity index (χ4n) is 3.03. The molecule has 0 radical (unpaired) electrons. The third-order valence-corrected chi connectivity index (χ3v) is 4.12. The Hall–Kier alpha value is -3.48. The summed E-state index contributed by atoms with van der Waals surface area (Å²) in [5.41, 5.74) is 2.66. The molecule has 1 aromatic carbocycles. The van der Waals surface area contributed by atoms with Gasteiger partial charge in [0.25, 0.3) is 0 Å². The van der Waals surface area contributed by atoms with Crippen molar-refractivity contribution < 1.29 is 9.53 Å². The second-order valence-corrected chi connectivity index (χ2v) is 5.69. The summed E-state index contributed by atoms with van der Waals surface area (Å²) in [5.74, 6) is 0.142. The molecule has 0 spiro atoms. The van der Waals surface area contributed by atoms with Gasteiger partial charge in [-0.1, -0.05) is 36.4 Å². The Labute approximate surface area is 150 Å². The molecule has 0 saturated heterocycles. The number of rotatable bonds is 4. The van der Waals surface area contributed by atoms with Crippen molar-refractivity contribution >= 4 is 17.6 Å². The highest BCUT2D eigenvalue weighted by atomic mass is 16.5. The number of nitrogens with one attached hydrogen (secondary N) is 1. The molecule has 26 heavy (non-hydrogen) atoms. The van der Waals surface area contributed by atoms with Gasteiger partial charge in [-0.05, 0) is 24.6 Å². The van der Waals surface area contributed by atoms with Crippen LogP contribution in [0.3, 0.4) is 0 Å². The molecule has 3 heterocycles. The first-order valence-corrected chi connectivity index (χ1v) is 8.33. The Bertz CT molecular complexity index is 950. The third-order valence-electron chi connectivity index (χ3n) is 4.12. The summed E-state index contributed by atoms with van der Waals surface area (Å²) < 4.78 is 7.00. The Balaban J connectivity index is 1.96. The van der Waals surface area contributed by atoms with Gasteiger partial charge in [0.1, 0.15) is 12.4 Å². The number of esters is 1. The van der Waals surface area contributed by atoms with Crippen LogP contribution in [0, 0.1) is 0 Å². The summed E-state index contributed by atoms with van der Waals surface area (Å²) in [4.78, 5) is 21.6. The molecule has 0 saturated carbocycles. The summed E-state index contributed by atoms with van der Waals surface area (Å²) in [6, 6.07) is 14.7. The van der Waals surface area contributed by atoms with Gasteiger partial charge < -0.3 is 10.1 Å². The average Bonchev–Trinajstić information content (AvgIpc) is 3.16. The lowest BCUT2D eigenvalue weighted by Gasteiger charge is -2.28. The smallest absolute Gasteiger partial charge is 0.338 e. The zero-order valence-electron chi connectivity index (χ0n) is 14.2. The quantitative estimate of drug-likeness (QED) is 0.731. The van der Waals surface area contributed by atoms with Gasteiger partial charge in [0.15, 0.2) is 0 Å². The summed E-state index contributed by atoms with van der Waals surface area (Å²) in [6.45, 7) is 2.07. The minimum absolute atomic E-state index is 0.281. The fraction of sp³-hybridized carbons (Fsp3) is 0.158. The molecule has 1 aliphatic heterocycles. The molecule has 0 bridgehead atoms. The van der Waals surface area contributed by atoms with Crippen LogP contribution < -0.4 is 5.32 Å². The van der Waals surface area contributed by atoms with Gasteiger partial charge in [-0.2, -0.15) is 10.1 Å². The number of carbonyl (C=O) groups excluding carboxylic acids is 1. The molecule has 7 nitrogen and oxygen atoms in total. The molecule has 0 aliphatic carbocycles. The maximum absolute atomic E-state index is 12.9. The topological polar surface area (TPSA) is 81.9 Å². The largest absolute Gasteiger partial charge is 0.463 e. The van der Waals surface area contributed by atoms with Crippen molar-refractivity contribution in [3.8, 4) is 0 Å². The predicted octanol–water partition coefficient (Wildman–Crippen LogP) is 2.66. The maximum atomic E-state index is 12.9. The summed E-state index contributed by atoms with van der Waals surface area (Å²) in [7, 11) is 0. The van der Waals surface area contributed by atoms with E-state index in [9.17, 15) is 4.79 Å². The molecule has 1 atom stereocenters. The fourth-order valence-corrected chi connectivity index (χ4v) is 3.03. The van der Waals surface area contributed by atoms with Gasteiger partial charge in [0.05, 0.1) is 23.6 Å². The van der Waals surface area contributed by atoms with E-state index >= 15 is 0 Å². The van der Waals surface area contributed by atoms with Crippen molar-refractivity contribution in [1.29, 1.82) is 0 Å². The molecular formula is C19H17N5O2. The molecule has 3 aromatic rings. The van der Waals surface area contributed by atoms with E-state index in [1.54, 1.807) is 17.8 Å². The number of aromatic nitrogens is 4. The molecule has 4 rings (SSSR count). The lowest BCUT2D eigenvalue weighted by Crippen LogP contribution is -2.30. The van der Waals surface area contributed by atoms with Gasteiger partial charge in [-0.15, -0.1) is 0 Å². The van der Waals surface area contributed by atoms with E-state index in [0.29, 0.717) is 22.9 Å². The van der Waals surface area contributed by atoms with Crippen LogP contribution >= 0.6 is 0 Å². The highest BCUT2D eigenvalue weighted by molar-refractivity contribution is 6.02. The van der Waals surface area contributed by atoms with Crippen molar-refractivity contribution in [2.24, 2.45) is 0 Å². The highest BCUT2D eigenvalue weighted by Crippen LogP contribution is 2.37. The Morgan fingerprint density at radius 2 is 1.96 bits per heavy atom. The normalized spacial score (nSPS) is 16.0. The predicted molar refractivity (Wildman–Crippen MR) is 96.0 cm³/mol. The maximum Gasteiger partial charge on any atom is 0.338 e. The van der Waals surface area contributed by atoms with E-state index in [-0.39, 0.29) is 6.61 Å². The number of hydrogen-bond acceptors (Lipinski definition) is 6. The zero-order chi connectivity index (χ0) is 17.9. The lowest BCUT2D eigenvalue weighted by atomic mass is 9.95. The van der Waals surface area contributed by atoms with Crippen LogP contribution in [0.2, 0.25) is 0 Å². The van der Waals surface area contributed by atoms with Crippen LogP contribution in [0.15, 0.2) is 66.6 Å². The van der Waals surface area contributed by atoms with Crippen molar-refractivity contribution in [2.45, 2.75) is 13.0 Å². The molecule has 1 N–H and O–H groups in total. The number of hydrogen-bond donors (Lipinski definition) is 1. The minimum Gasteiger partial charge on any atom is -0.463 e. The SMILES string of the molecule is CCOC(=O)C1=C(c2ccccc2)Nc2ncnn2[C@@H]1c1ccccn1. The van der Waals surface area contributed by atoms with Crippen molar-refractivity contribution in [1.82, 2.24) is 19.7 Å². The number of ether oxygens (including phenoxy) is 1. The van der Waals surface area contributed by atoms with E-state index in [4.69, 9.17) is 4.74 Å². The van der Waals surface area contributed by atoms with Crippen molar-refractivity contribution in [3.05, 3.63) is 77.9 Å². The molecule has 1 aliphatic rings. The van der Waals surface area contributed by atoms with Gasteiger partial charge >= 0.3 is 5.97 Å². The van der Waals surface area contributed by atoms with Crippen LogP contribution in [0.1, 0.15) is 24.2 Å². The van der Waals surface area contributed by atoms with Crippen LogP contribution in [-0.2, 0) is 9.53 Å². The number of nitrogens with zero attached hydrogens (tertiary/aromatic N) is 4. The second kappa shape index (κ2) is 6.79. The molecule has 130 valence electrons. The standard InChI is InChI=1S/C19H17N5O2/c1-2-26-18(25)15-16(13-8-4-3-5-9-13)23-19-21-12-22-24(19)17(15)14-10-6-7-11-20-14/h3-12,17H,2H2,1H3,(H,21,22,23)/t17-/m1/s1. The third kappa shape index (κ3) is 2.73. The van der Waals surface area contributed by atoms with Gasteiger partial charge in [-0.3, -0.25) is 4.98 Å². The number of fused-ring (bicyclic) bond motifs is 1. The number of carbonyl (C=O) groups is 1.